The first kappa shape index (κ1) is 34.8. The fourth-order valence-electron chi connectivity index (χ4n) is 5.29. The van der Waals surface area contributed by atoms with E-state index in [9.17, 15) is 20.4 Å². The Morgan fingerprint density at radius 3 is 1.19 bits per heavy atom. The summed E-state index contributed by atoms with van der Waals surface area (Å²) in [7, 11) is 0. The van der Waals surface area contributed by atoms with E-state index in [4.69, 9.17) is 9.47 Å². The van der Waals surface area contributed by atoms with Crippen molar-refractivity contribution in [1.29, 1.82) is 0 Å². The fraction of sp³-hybridized carbons (Fsp3) is 1.00. The summed E-state index contributed by atoms with van der Waals surface area (Å²) in [5, 5.41) is 38.7. The molecule has 1 saturated heterocycles. The minimum atomic E-state index is -1.37. The van der Waals surface area contributed by atoms with Crippen molar-refractivity contribution in [1.82, 2.24) is 0 Å². The third-order valence-corrected chi connectivity index (χ3v) is 7.88. The SMILES string of the molecule is CCCCCCCCCCCCCCCCCCCCCCCCCOC1O[C@H](CO)[C@@H](O)[C@H](O)[C@H]1O. The van der Waals surface area contributed by atoms with Crippen LogP contribution in [0.4, 0.5) is 0 Å². The number of rotatable bonds is 26. The molecule has 0 saturated carbocycles. The van der Waals surface area contributed by atoms with E-state index in [0.29, 0.717) is 6.61 Å². The Labute approximate surface area is 228 Å². The van der Waals surface area contributed by atoms with E-state index < -0.39 is 37.3 Å². The van der Waals surface area contributed by atoms with Gasteiger partial charge < -0.3 is 29.9 Å². The van der Waals surface area contributed by atoms with Gasteiger partial charge in [-0.15, -0.1) is 0 Å². The van der Waals surface area contributed by atoms with Crippen molar-refractivity contribution in [2.75, 3.05) is 13.2 Å². The number of aliphatic hydroxyl groups excluding tert-OH is 4. The van der Waals surface area contributed by atoms with E-state index in [0.717, 1.165) is 12.8 Å². The monoisotopic (exact) mass is 530 g/mol. The Kier molecular flexibility index (Phi) is 23.3. The minimum Gasteiger partial charge on any atom is -0.394 e. The molecule has 37 heavy (non-hydrogen) atoms. The van der Waals surface area contributed by atoms with Crippen LogP contribution in [0, 0.1) is 0 Å². The Balaban J connectivity index is 1.75. The summed E-state index contributed by atoms with van der Waals surface area (Å²) >= 11 is 0. The van der Waals surface area contributed by atoms with Gasteiger partial charge in [0.1, 0.15) is 24.4 Å². The van der Waals surface area contributed by atoms with E-state index in [1.54, 1.807) is 0 Å². The zero-order chi connectivity index (χ0) is 27.0. The third-order valence-electron chi connectivity index (χ3n) is 7.88. The first-order chi connectivity index (χ1) is 18.1. The highest BCUT2D eigenvalue weighted by Gasteiger charge is 2.43. The van der Waals surface area contributed by atoms with Gasteiger partial charge in [-0.25, -0.2) is 0 Å². The van der Waals surface area contributed by atoms with Crippen molar-refractivity contribution in [3.8, 4) is 0 Å². The summed E-state index contributed by atoms with van der Waals surface area (Å²) in [5.74, 6) is 0. The van der Waals surface area contributed by atoms with Crippen LogP contribution in [0.25, 0.3) is 0 Å². The van der Waals surface area contributed by atoms with Crippen molar-refractivity contribution >= 4 is 0 Å². The van der Waals surface area contributed by atoms with Crippen LogP contribution in [0.5, 0.6) is 0 Å². The summed E-state index contributed by atoms with van der Waals surface area (Å²) in [5.41, 5.74) is 0. The maximum Gasteiger partial charge on any atom is 0.186 e. The predicted molar refractivity (Wildman–Crippen MR) is 152 cm³/mol. The number of aliphatic hydroxyl groups is 4. The first-order valence-electron chi connectivity index (χ1n) is 16.0. The van der Waals surface area contributed by atoms with Gasteiger partial charge in [-0.1, -0.05) is 148 Å². The molecule has 1 rings (SSSR count). The molecule has 0 spiro atoms. The Morgan fingerprint density at radius 2 is 0.838 bits per heavy atom. The number of hydrogen-bond donors (Lipinski definition) is 4. The molecule has 1 fully saturated rings. The van der Waals surface area contributed by atoms with E-state index in [1.165, 1.54) is 135 Å². The normalized spacial score (nSPS) is 24.1. The van der Waals surface area contributed by atoms with Crippen molar-refractivity contribution in [3.63, 3.8) is 0 Å². The highest BCUT2D eigenvalue weighted by Crippen LogP contribution is 2.22. The lowest BCUT2D eigenvalue weighted by Crippen LogP contribution is -2.59. The molecule has 1 aliphatic rings. The molecule has 4 N–H and O–H groups in total. The van der Waals surface area contributed by atoms with Crippen molar-refractivity contribution < 1.29 is 29.9 Å². The van der Waals surface area contributed by atoms with Gasteiger partial charge in [0.2, 0.25) is 0 Å². The van der Waals surface area contributed by atoms with Crippen LogP contribution >= 0.6 is 0 Å². The molecule has 6 heteroatoms. The van der Waals surface area contributed by atoms with Crippen LogP contribution in [-0.2, 0) is 9.47 Å². The van der Waals surface area contributed by atoms with Crippen LogP contribution in [0.15, 0.2) is 0 Å². The average molecular weight is 531 g/mol. The second-order valence-electron chi connectivity index (χ2n) is 11.3. The van der Waals surface area contributed by atoms with Crippen molar-refractivity contribution in [2.45, 2.75) is 185 Å². The second kappa shape index (κ2) is 24.8. The highest BCUT2D eigenvalue weighted by atomic mass is 16.7. The van der Waals surface area contributed by atoms with Gasteiger partial charge in [0.05, 0.1) is 6.61 Å². The average Bonchev–Trinajstić information content (AvgIpc) is 2.91. The number of ether oxygens (including phenoxy) is 2. The van der Waals surface area contributed by atoms with E-state index >= 15 is 0 Å². The molecule has 222 valence electrons. The molecule has 0 aromatic carbocycles. The smallest absolute Gasteiger partial charge is 0.186 e. The summed E-state index contributed by atoms with van der Waals surface area (Å²) in [6.45, 7) is 2.29. The Morgan fingerprint density at radius 1 is 0.486 bits per heavy atom. The quantitative estimate of drug-likeness (QED) is 0.0919. The number of hydrogen-bond acceptors (Lipinski definition) is 6. The second-order valence-corrected chi connectivity index (χ2v) is 11.3. The predicted octanol–water partition coefficient (Wildman–Crippen LogP) is 6.80. The topological polar surface area (TPSA) is 99.4 Å². The van der Waals surface area contributed by atoms with Gasteiger partial charge in [0.25, 0.3) is 0 Å². The van der Waals surface area contributed by atoms with Crippen LogP contribution in [0.2, 0.25) is 0 Å². The van der Waals surface area contributed by atoms with Crippen LogP contribution < -0.4 is 0 Å². The zero-order valence-electron chi connectivity index (χ0n) is 24.2. The zero-order valence-corrected chi connectivity index (χ0v) is 24.2. The molecular formula is C31H62O6. The Hall–Kier alpha value is -0.240. The molecule has 0 bridgehead atoms. The van der Waals surface area contributed by atoms with Gasteiger partial charge in [-0.3, -0.25) is 0 Å². The summed E-state index contributed by atoms with van der Waals surface area (Å²) in [6, 6.07) is 0. The maximum absolute atomic E-state index is 9.96. The summed E-state index contributed by atoms with van der Waals surface area (Å²) < 4.78 is 10.9. The largest absolute Gasteiger partial charge is 0.394 e. The molecule has 0 amide bonds. The molecule has 1 aliphatic heterocycles. The van der Waals surface area contributed by atoms with Gasteiger partial charge >= 0.3 is 0 Å². The lowest BCUT2D eigenvalue weighted by Gasteiger charge is -2.39. The molecule has 0 aromatic heterocycles. The fourth-order valence-corrected chi connectivity index (χ4v) is 5.29. The molecule has 0 radical (unpaired) electrons. The third kappa shape index (κ3) is 17.9. The molecular weight excluding hydrogens is 468 g/mol. The molecule has 1 heterocycles. The number of unbranched alkanes of at least 4 members (excludes halogenated alkanes) is 22. The first-order valence-corrected chi connectivity index (χ1v) is 16.0. The summed E-state index contributed by atoms with van der Waals surface area (Å²) in [4.78, 5) is 0. The van der Waals surface area contributed by atoms with E-state index in [1.807, 2.05) is 0 Å². The van der Waals surface area contributed by atoms with Crippen LogP contribution in [0.3, 0.4) is 0 Å². The Bertz CT molecular complexity index is 475. The van der Waals surface area contributed by atoms with Gasteiger partial charge in [-0.2, -0.15) is 0 Å². The van der Waals surface area contributed by atoms with Gasteiger partial charge in [-0.05, 0) is 6.42 Å². The molecule has 6 nitrogen and oxygen atoms in total. The standard InChI is InChI=1S/C31H62O6/c1-2-3-4-5-6-7-8-9-10-11-12-13-14-15-16-17-18-19-20-21-22-23-24-25-36-31-30(35)29(34)28(33)27(26-32)37-31/h27-35H,2-26H2,1H3/t27-,28-,29+,30-,31?/m1/s1. The van der Waals surface area contributed by atoms with E-state index in [-0.39, 0.29) is 0 Å². The minimum absolute atomic E-state index is 0.426. The van der Waals surface area contributed by atoms with Crippen LogP contribution in [-0.4, -0.2) is 64.3 Å². The lowest BCUT2D eigenvalue weighted by atomic mass is 9.99. The molecule has 1 unspecified atom stereocenters. The maximum atomic E-state index is 9.96. The lowest BCUT2D eigenvalue weighted by molar-refractivity contribution is -0.301. The molecule has 0 aliphatic carbocycles. The van der Waals surface area contributed by atoms with Crippen molar-refractivity contribution in [2.24, 2.45) is 0 Å². The van der Waals surface area contributed by atoms with Gasteiger partial charge in [0.15, 0.2) is 6.29 Å². The van der Waals surface area contributed by atoms with Crippen molar-refractivity contribution in [3.05, 3.63) is 0 Å². The summed E-state index contributed by atoms with van der Waals surface area (Å²) in [6.07, 6.45) is 25.2. The van der Waals surface area contributed by atoms with Crippen LogP contribution in [0.1, 0.15) is 155 Å². The van der Waals surface area contributed by atoms with E-state index in [2.05, 4.69) is 6.92 Å². The van der Waals surface area contributed by atoms with Gasteiger partial charge in [0, 0.05) is 6.61 Å². The molecule has 0 aromatic rings. The molecule has 5 atom stereocenters. The highest BCUT2D eigenvalue weighted by molar-refractivity contribution is 4.88.